The zero-order chi connectivity index (χ0) is 15.3. The highest BCUT2D eigenvalue weighted by molar-refractivity contribution is 5.89. The van der Waals surface area contributed by atoms with Crippen molar-refractivity contribution in [2.75, 3.05) is 13.1 Å². The van der Waals surface area contributed by atoms with Crippen LogP contribution in [0.5, 0.6) is 0 Å². The number of carbonyl (C=O) groups excluding carboxylic acids is 1. The molecule has 118 valence electrons. The molecule has 0 unspecified atom stereocenters. The van der Waals surface area contributed by atoms with E-state index in [1.807, 2.05) is 0 Å². The molecule has 7 nitrogen and oxygen atoms in total. The molecule has 2 aliphatic carbocycles. The molecular weight excluding hydrogens is 286 g/mol. The van der Waals surface area contributed by atoms with Crippen molar-refractivity contribution in [3.8, 4) is 0 Å². The van der Waals surface area contributed by atoms with Gasteiger partial charge < -0.3 is 14.5 Å². The minimum absolute atomic E-state index is 0.0250. The maximum atomic E-state index is 12.4. The number of carboxylic acids is 1. The minimum atomic E-state index is -0.862. The van der Waals surface area contributed by atoms with Gasteiger partial charge in [-0.25, -0.2) is 0 Å². The molecule has 1 amide bonds. The predicted molar refractivity (Wildman–Crippen MR) is 74.1 cm³/mol. The van der Waals surface area contributed by atoms with E-state index in [-0.39, 0.29) is 17.7 Å². The fourth-order valence-electron chi connectivity index (χ4n) is 3.27. The Labute approximate surface area is 127 Å². The molecule has 1 N–H and O–H groups in total. The van der Waals surface area contributed by atoms with Crippen LogP contribution in [0.3, 0.4) is 0 Å². The van der Waals surface area contributed by atoms with Crippen LogP contribution in [0.2, 0.25) is 0 Å². The van der Waals surface area contributed by atoms with Crippen molar-refractivity contribution in [1.29, 1.82) is 0 Å². The molecule has 0 aromatic carbocycles. The lowest BCUT2D eigenvalue weighted by Gasteiger charge is -2.31. The van der Waals surface area contributed by atoms with E-state index in [0.717, 1.165) is 31.6 Å². The maximum absolute atomic E-state index is 12.4. The Morgan fingerprint density at radius 1 is 1.18 bits per heavy atom. The van der Waals surface area contributed by atoms with Gasteiger partial charge in [-0.1, -0.05) is 5.16 Å². The fraction of sp³-hybridized carbons (Fsp3) is 0.733. The molecule has 2 heterocycles. The first-order chi connectivity index (χ1) is 10.6. The lowest BCUT2D eigenvalue weighted by Crippen LogP contribution is -2.40. The number of piperidine rings is 1. The monoisotopic (exact) mass is 305 g/mol. The molecule has 3 fully saturated rings. The number of carbonyl (C=O) groups is 2. The van der Waals surface area contributed by atoms with Crippen molar-refractivity contribution >= 4 is 11.9 Å². The lowest BCUT2D eigenvalue weighted by molar-refractivity contribution is -0.142. The molecule has 1 aromatic heterocycles. The van der Waals surface area contributed by atoms with Crippen molar-refractivity contribution in [1.82, 2.24) is 15.0 Å². The maximum Gasteiger partial charge on any atom is 0.307 e. The first-order valence-corrected chi connectivity index (χ1v) is 7.98. The molecule has 0 radical (unpaired) electrons. The molecular formula is C15H19N3O4. The summed E-state index contributed by atoms with van der Waals surface area (Å²) in [5.74, 6) is 0.267. The van der Waals surface area contributed by atoms with Gasteiger partial charge in [-0.3, -0.25) is 9.59 Å². The molecule has 0 bridgehead atoms. The molecule has 1 aromatic rings. The summed E-state index contributed by atoms with van der Waals surface area (Å²) >= 11 is 0. The Morgan fingerprint density at radius 2 is 2.00 bits per heavy atom. The van der Waals surface area contributed by atoms with Gasteiger partial charge >= 0.3 is 5.97 Å². The van der Waals surface area contributed by atoms with Gasteiger partial charge in [0.25, 0.3) is 0 Å². The first kappa shape index (κ1) is 13.7. The summed E-state index contributed by atoms with van der Waals surface area (Å²) in [7, 11) is 0. The highest BCUT2D eigenvalue weighted by atomic mass is 16.5. The summed E-state index contributed by atoms with van der Waals surface area (Å²) in [6, 6.07) is 0. The highest BCUT2D eigenvalue weighted by Gasteiger charge is 2.50. The Morgan fingerprint density at radius 3 is 2.68 bits per heavy atom. The smallest absolute Gasteiger partial charge is 0.307 e. The lowest BCUT2D eigenvalue weighted by atomic mass is 9.97. The Bertz CT molecular complexity index is 610. The molecule has 4 rings (SSSR count). The number of nitrogens with zero attached hydrogens (tertiary/aromatic N) is 3. The van der Waals surface area contributed by atoms with E-state index in [4.69, 9.17) is 9.63 Å². The number of carboxylic acid groups (broad SMARTS) is 1. The van der Waals surface area contributed by atoms with Crippen LogP contribution in [0.15, 0.2) is 4.52 Å². The quantitative estimate of drug-likeness (QED) is 0.902. The second kappa shape index (κ2) is 5.07. The van der Waals surface area contributed by atoms with Gasteiger partial charge in [-0.2, -0.15) is 4.98 Å². The van der Waals surface area contributed by atoms with Crippen molar-refractivity contribution in [3.63, 3.8) is 0 Å². The van der Waals surface area contributed by atoms with Crippen LogP contribution in [-0.4, -0.2) is 45.1 Å². The van der Waals surface area contributed by atoms with E-state index >= 15 is 0 Å². The van der Waals surface area contributed by atoms with E-state index in [1.54, 1.807) is 4.90 Å². The SMILES string of the molecule is O=C(O)[C@@H]1C[C@H]1C(=O)N1CCC[C@@H](c2noc(C3CC3)n2)C1. The predicted octanol–water partition coefficient (Wildman–Crippen LogP) is 1.37. The summed E-state index contributed by atoms with van der Waals surface area (Å²) in [4.78, 5) is 29.6. The number of aromatic nitrogens is 2. The molecule has 3 aliphatic rings. The van der Waals surface area contributed by atoms with Gasteiger partial charge in [0.1, 0.15) is 0 Å². The largest absolute Gasteiger partial charge is 0.481 e. The molecule has 0 spiro atoms. The molecule has 2 saturated carbocycles. The normalized spacial score (nSPS) is 31.1. The second-order valence-corrected chi connectivity index (χ2v) is 6.68. The van der Waals surface area contributed by atoms with Gasteiger partial charge in [0, 0.05) is 24.9 Å². The van der Waals surface area contributed by atoms with Crippen molar-refractivity contribution in [3.05, 3.63) is 11.7 Å². The second-order valence-electron chi connectivity index (χ2n) is 6.68. The topological polar surface area (TPSA) is 96.5 Å². The van der Waals surface area contributed by atoms with Crippen LogP contribution in [-0.2, 0) is 9.59 Å². The number of likely N-dealkylation sites (tertiary alicyclic amines) is 1. The van der Waals surface area contributed by atoms with E-state index in [0.29, 0.717) is 31.3 Å². The van der Waals surface area contributed by atoms with Gasteiger partial charge in [0.15, 0.2) is 5.82 Å². The van der Waals surface area contributed by atoms with Crippen LogP contribution in [0.4, 0.5) is 0 Å². The summed E-state index contributed by atoms with van der Waals surface area (Å²) in [5.41, 5.74) is 0. The Kier molecular flexibility index (Phi) is 3.16. The average molecular weight is 305 g/mol. The third-order valence-corrected chi connectivity index (χ3v) is 4.91. The van der Waals surface area contributed by atoms with Crippen molar-refractivity contribution in [2.24, 2.45) is 11.8 Å². The van der Waals surface area contributed by atoms with Crippen molar-refractivity contribution < 1.29 is 19.2 Å². The number of amides is 1. The van der Waals surface area contributed by atoms with E-state index in [2.05, 4.69) is 10.1 Å². The minimum Gasteiger partial charge on any atom is -0.481 e. The number of hydrogen-bond acceptors (Lipinski definition) is 5. The van der Waals surface area contributed by atoms with E-state index in [1.165, 1.54) is 0 Å². The van der Waals surface area contributed by atoms with Crippen LogP contribution in [0.1, 0.15) is 55.7 Å². The van der Waals surface area contributed by atoms with Gasteiger partial charge in [-0.15, -0.1) is 0 Å². The van der Waals surface area contributed by atoms with Gasteiger partial charge in [0.2, 0.25) is 11.8 Å². The fourth-order valence-corrected chi connectivity index (χ4v) is 3.27. The average Bonchev–Trinajstić information content (AvgIpc) is 3.44. The van der Waals surface area contributed by atoms with Gasteiger partial charge in [-0.05, 0) is 32.1 Å². The van der Waals surface area contributed by atoms with E-state index in [9.17, 15) is 9.59 Å². The Balaban J connectivity index is 1.41. The summed E-state index contributed by atoms with van der Waals surface area (Å²) < 4.78 is 5.30. The molecule has 3 atom stereocenters. The molecule has 1 saturated heterocycles. The Hall–Kier alpha value is -1.92. The zero-order valence-corrected chi connectivity index (χ0v) is 12.3. The molecule has 7 heteroatoms. The molecule has 22 heavy (non-hydrogen) atoms. The molecule has 1 aliphatic heterocycles. The van der Waals surface area contributed by atoms with Crippen LogP contribution >= 0.6 is 0 Å². The van der Waals surface area contributed by atoms with Gasteiger partial charge in [0.05, 0.1) is 11.8 Å². The zero-order valence-electron chi connectivity index (χ0n) is 12.3. The first-order valence-electron chi connectivity index (χ1n) is 7.98. The number of aliphatic carboxylic acids is 1. The third-order valence-electron chi connectivity index (χ3n) is 4.91. The van der Waals surface area contributed by atoms with Crippen LogP contribution < -0.4 is 0 Å². The highest BCUT2D eigenvalue weighted by Crippen LogP contribution is 2.42. The summed E-state index contributed by atoms with van der Waals surface area (Å²) in [6.45, 7) is 1.27. The van der Waals surface area contributed by atoms with Crippen LogP contribution in [0.25, 0.3) is 0 Å². The number of hydrogen-bond donors (Lipinski definition) is 1. The third kappa shape index (κ3) is 2.48. The standard InChI is InChI=1S/C15H19N3O4/c19-14(10-6-11(10)15(20)21)18-5-1-2-9(7-18)12-16-13(22-17-12)8-3-4-8/h8-11H,1-7H2,(H,20,21)/t9-,10-,11-/m1/s1. The van der Waals surface area contributed by atoms with E-state index < -0.39 is 11.9 Å². The summed E-state index contributed by atoms with van der Waals surface area (Å²) in [6.07, 6.45) is 4.56. The summed E-state index contributed by atoms with van der Waals surface area (Å²) in [5, 5.41) is 13.0. The van der Waals surface area contributed by atoms with Crippen molar-refractivity contribution in [2.45, 2.75) is 43.9 Å². The number of rotatable bonds is 4. The van der Waals surface area contributed by atoms with Crippen LogP contribution in [0, 0.1) is 11.8 Å².